The summed E-state index contributed by atoms with van der Waals surface area (Å²) in [5.41, 5.74) is 13.6. The molecule has 0 radical (unpaired) electrons. The summed E-state index contributed by atoms with van der Waals surface area (Å²) in [5.74, 6) is 0. The third-order valence-electron chi connectivity index (χ3n) is 13.8. The molecule has 348 valence electrons. The molecule has 0 nitrogen and oxygen atoms in total. The lowest BCUT2D eigenvalue weighted by Gasteiger charge is -2.40. The standard InChI is InChI=1S/C61H94P2/c1-10-19-32-49-36-28-44-57(53(49)40-23-14-5)62(58-45-29-37-50(33-20-11-2)54(58)41-24-15-6)61(48-27-18-9)63(59-46-30-38-51(34-21-12-3)55(59)42-25-16-7)60-47-31-39-52(35-22-13-4)56(60)43-26-17-8/h28-31,36-39,44-47,61H,10-27,32-35,40-43,48H2,1-9H3. The molecule has 0 bridgehead atoms. The lowest BCUT2D eigenvalue weighted by molar-refractivity contribution is 0.752. The molecular weight excluding hydrogens is 795 g/mol. The predicted octanol–water partition coefficient (Wildman–Crippen LogP) is 17.5. The van der Waals surface area contributed by atoms with E-state index in [0.29, 0.717) is 5.40 Å². The highest BCUT2D eigenvalue weighted by Crippen LogP contribution is 2.60. The fourth-order valence-electron chi connectivity index (χ4n) is 10.0. The second-order valence-corrected chi connectivity index (χ2v) is 23.9. The fraction of sp³-hybridized carbons (Fsp3) is 0.607. The van der Waals surface area contributed by atoms with Gasteiger partial charge in [0.1, 0.15) is 0 Å². The van der Waals surface area contributed by atoms with Crippen LogP contribution in [0.5, 0.6) is 0 Å². The van der Waals surface area contributed by atoms with Gasteiger partial charge in [-0.1, -0.05) is 199 Å². The molecule has 2 heteroatoms. The van der Waals surface area contributed by atoms with Gasteiger partial charge in [0.2, 0.25) is 0 Å². The van der Waals surface area contributed by atoms with E-state index in [2.05, 4.69) is 135 Å². The van der Waals surface area contributed by atoms with Gasteiger partial charge in [0, 0.05) is 5.40 Å². The van der Waals surface area contributed by atoms with Crippen LogP contribution in [-0.2, 0) is 51.4 Å². The zero-order chi connectivity index (χ0) is 45.2. The summed E-state index contributed by atoms with van der Waals surface area (Å²) in [6, 6.07) is 30.9. The Bertz CT molecular complexity index is 1590. The second kappa shape index (κ2) is 30.9. The predicted molar refractivity (Wildman–Crippen MR) is 290 cm³/mol. The van der Waals surface area contributed by atoms with Crippen molar-refractivity contribution in [3.63, 3.8) is 0 Å². The van der Waals surface area contributed by atoms with E-state index in [1.54, 1.807) is 65.7 Å². The molecule has 0 heterocycles. The van der Waals surface area contributed by atoms with Crippen LogP contribution in [0.1, 0.15) is 229 Å². The highest BCUT2D eigenvalue weighted by atomic mass is 31.2. The summed E-state index contributed by atoms with van der Waals surface area (Å²) in [4.78, 5) is 0. The quantitative estimate of drug-likeness (QED) is 0.0418. The maximum Gasteiger partial charge on any atom is 0.0155 e. The molecule has 4 rings (SSSR count). The fourth-order valence-corrected chi connectivity index (χ4v) is 18.3. The van der Waals surface area contributed by atoms with Crippen LogP contribution in [0.2, 0.25) is 0 Å². The molecule has 0 aliphatic carbocycles. The summed E-state index contributed by atoms with van der Waals surface area (Å²) in [6.07, 6.45) is 33.7. The van der Waals surface area contributed by atoms with Crippen LogP contribution in [-0.4, -0.2) is 5.40 Å². The van der Waals surface area contributed by atoms with E-state index in [9.17, 15) is 0 Å². The first kappa shape index (κ1) is 53.4. The van der Waals surface area contributed by atoms with Gasteiger partial charge >= 0.3 is 0 Å². The third-order valence-corrected chi connectivity index (χ3v) is 20.6. The molecule has 0 fully saturated rings. The van der Waals surface area contributed by atoms with E-state index >= 15 is 0 Å². The van der Waals surface area contributed by atoms with Crippen LogP contribution >= 0.6 is 15.8 Å². The maximum atomic E-state index is 2.69. The monoisotopic (exact) mass is 889 g/mol. The van der Waals surface area contributed by atoms with Crippen LogP contribution in [0.4, 0.5) is 0 Å². The Morgan fingerprint density at radius 2 is 0.508 bits per heavy atom. The van der Waals surface area contributed by atoms with Gasteiger partial charge in [0.25, 0.3) is 0 Å². The van der Waals surface area contributed by atoms with E-state index in [0.717, 1.165) is 0 Å². The van der Waals surface area contributed by atoms with Crippen molar-refractivity contribution >= 4 is 37.1 Å². The largest absolute Gasteiger partial charge is 0.0654 e. The Hall–Kier alpha value is -2.26. The Kier molecular flexibility index (Phi) is 26.1. The van der Waals surface area contributed by atoms with Crippen molar-refractivity contribution in [2.24, 2.45) is 0 Å². The lowest BCUT2D eigenvalue weighted by atomic mass is 9.97. The molecule has 4 aromatic carbocycles. The molecule has 63 heavy (non-hydrogen) atoms. The smallest absolute Gasteiger partial charge is 0.0155 e. The molecular formula is C61H94P2. The van der Waals surface area contributed by atoms with Gasteiger partial charge in [-0.3, -0.25) is 0 Å². The Morgan fingerprint density at radius 3 is 0.730 bits per heavy atom. The number of rotatable bonds is 33. The summed E-state index contributed by atoms with van der Waals surface area (Å²) < 4.78 is 0. The first-order valence-electron chi connectivity index (χ1n) is 27.0. The van der Waals surface area contributed by atoms with Crippen LogP contribution in [0, 0.1) is 0 Å². The zero-order valence-electron chi connectivity index (χ0n) is 42.5. The van der Waals surface area contributed by atoms with Crippen molar-refractivity contribution in [3.8, 4) is 0 Å². The van der Waals surface area contributed by atoms with Crippen molar-refractivity contribution in [1.82, 2.24) is 0 Å². The summed E-state index contributed by atoms with van der Waals surface area (Å²) >= 11 is 0. The molecule has 0 aromatic heterocycles. The molecule has 0 spiro atoms. The molecule has 0 aliphatic heterocycles. The van der Waals surface area contributed by atoms with E-state index in [4.69, 9.17) is 0 Å². The number of aryl methyl sites for hydroxylation is 4. The van der Waals surface area contributed by atoms with Gasteiger partial charge in [-0.25, -0.2) is 0 Å². The average molecular weight is 889 g/mol. The Balaban J connectivity index is 2.29. The van der Waals surface area contributed by atoms with Crippen LogP contribution < -0.4 is 21.2 Å². The summed E-state index contributed by atoms with van der Waals surface area (Å²) in [5, 5.41) is 7.56. The van der Waals surface area contributed by atoms with Gasteiger partial charge in [-0.05, 0) is 191 Å². The van der Waals surface area contributed by atoms with Crippen molar-refractivity contribution in [2.45, 2.75) is 241 Å². The molecule has 0 saturated carbocycles. The Morgan fingerprint density at radius 1 is 0.286 bits per heavy atom. The van der Waals surface area contributed by atoms with E-state index in [1.807, 2.05) is 0 Å². The van der Waals surface area contributed by atoms with Crippen molar-refractivity contribution in [1.29, 1.82) is 0 Å². The number of hydrogen-bond acceptors (Lipinski definition) is 0. The van der Waals surface area contributed by atoms with E-state index in [-0.39, 0.29) is 0 Å². The van der Waals surface area contributed by atoms with E-state index in [1.165, 1.54) is 173 Å². The molecule has 4 aromatic rings. The van der Waals surface area contributed by atoms with E-state index < -0.39 is 15.8 Å². The van der Waals surface area contributed by atoms with Crippen molar-refractivity contribution in [2.75, 3.05) is 0 Å². The highest BCUT2D eigenvalue weighted by Gasteiger charge is 2.38. The number of benzene rings is 4. The normalized spacial score (nSPS) is 11.8. The average Bonchev–Trinajstić information content (AvgIpc) is 3.31. The minimum Gasteiger partial charge on any atom is -0.0654 e. The SMILES string of the molecule is CCCCc1cccc(P(c2cccc(CCCC)c2CCCC)C(CCCC)P(c2cccc(CCCC)c2CCCC)c2cccc(CCCC)c2CCCC)c1CCCC. The highest BCUT2D eigenvalue weighted by molar-refractivity contribution is 7.89. The Labute approximate surface area is 393 Å². The first-order valence-corrected chi connectivity index (χ1v) is 29.8. The van der Waals surface area contributed by atoms with Gasteiger partial charge in [0.05, 0.1) is 0 Å². The molecule has 0 amide bonds. The molecule has 0 atom stereocenters. The zero-order valence-corrected chi connectivity index (χ0v) is 44.3. The lowest BCUT2D eigenvalue weighted by Crippen LogP contribution is -2.33. The topological polar surface area (TPSA) is 0 Å². The molecule has 0 saturated heterocycles. The molecule has 0 unspecified atom stereocenters. The van der Waals surface area contributed by atoms with Crippen molar-refractivity contribution < 1.29 is 0 Å². The third kappa shape index (κ3) is 15.4. The van der Waals surface area contributed by atoms with Gasteiger partial charge in [-0.15, -0.1) is 0 Å². The number of unbranched alkanes of at least 4 members (excludes halogenated alkanes) is 9. The first-order chi connectivity index (χ1) is 31.0. The minimum atomic E-state index is -0.713. The number of hydrogen-bond donors (Lipinski definition) is 0. The summed E-state index contributed by atoms with van der Waals surface area (Å²) in [6.45, 7) is 21.6. The van der Waals surface area contributed by atoms with Crippen LogP contribution in [0.25, 0.3) is 0 Å². The van der Waals surface area contributed by atoms with Gasteiger partial charge in [0.15, 0.2) is 0 Å². The van der Waals surface area contributed by atoms with Gasteiger partial charge < -0.3 is 0 Å². The van der Waals surface area contributed by atoms with Crippen LogP contribution in [0.3, 0.4) is 0 Å². The summed E-state index contributed by atoms with van der Waals surface area (Å²) in [7, 11) is -1.43. The van der Waals surface area contributed by atoms with Crippen LogP contribution in [0.15, 0.2) is 72.8 Å². The second-order valence-electron chi connectivity index (χ2n) is 18.9. The molecule has 0 N–H and O–H groups in total. The molecule has 0 aliphatic rings. The maximum absolute atomic E-state index is 2.69. The van der Waals surface area contributed by atoms with Crippen molar-refractivity contribution in [3.05, 3.63) is 117 Å². The van der Waals surface area contributed by atoms with Gasteiger partial charge in [-0.2, -0.15) is 0 Å². The minimum absolute atomic E-state index is 0.558.